The third-order valence-electron chi connectivity index (χ3n) is 2.65. The number of hydrogen-bond donors (Lipinski definition) is 2. The number of methoxy groups -OCH3 is 1. The Kier molecular flexibility index (Phi) is 6.83. The lowest BCUT2D eigenvalue weighted by molar-refractivity contribution is -0.116. The molecule has 0 saturated heterocycles. The second-order valence-corrected chi connectivity index (χ2v) is 5.18. The van der Waals surface area contributed by atoms with Gasteiger partial charge in [0.25, 0.3) is 0 Å². The van der Waals surface area contributed by atoms with E-state index >= 15 is 0 Å². The van der Waals surface area contributed by atoms with Crippen LogP contribution in [0.4, 0.5) is 5.69 Å². The minimum Gasteiger partial charge on any atom is -0.383 e. The first-order valence-electron chi connectivity index (χ1n) is 6.02. The number of likely N-dealkylation sites (N-methyl/N-ethyl adjacent to an activating group) is 1. The second-order valence-electron chi connectivity index (χ2n) is 4.26. The van der Waals surface area contributed by atoms with E-state index in [0.29, 0.717) is 6.61 Å². The smallest absolute Gasteiger partial charge is 0.236 e. The van der Waals surface area contributed by atoms with Gasteiger partial charge in [0.1, 0.15) is 0 Å². The summed E-state index contributed by atoms with van der Waals surface area (Å²) < 4.78 is 5.96. The van der Waals surface area contributed by atoms with Crippen molar-refractivity contribution < 1.29 is 9.53 Å². The van der Waals surface area contributed by atoms with E-state index in [1.165, 1.54) is 0 Å². The van der Waals surface area contributed by atoms with Crippen molar-refractivity contribution in [2.45, 2.75) is 6.54 Å². The molecule has 0 atom stereocenters. The number of halogens is 1. The monoisotopic (exact) mass is 329 g/mol. The first-order chi connectivity index (χ1) is 9.04. The Bertz CT molecular complexity index is 426. The topological polar surface area (TPSA) is 67.6 Å². The Morgan fingerprint density at radius 3 is 2.89 bits per heavy atom. The molecule has 0 spiro atoms. The molecule has 0 aromatic heterocycles. The Hall–Kier alpha value is -1.11. The number of anilines is 1. The molecule has 1 amide bonds. The maximum absolute atomic E-state index is 11.0. The molecule has 0 aliphatic rings. The molecule has 1 rings (SSSR count). The Balaban J connectivity index is 2.76. The summed E-state index contributed by atoms with van der Waals surface area (Å²) in [4.78, 5) is 12.9. The van der Waals surface area contributed by atoms with Gasteiger partial charge in [-0.05, 0) is 17.7 Å². The Labute approximate surface area is 122 Å². The van der Waals surface area contributed by atoms with Gasteiger partial charge in [0.2, 0.25) is 5.91 Å². The SMILES string of the molecule is COCCNCc1ccc(Br)cc1N(C)CC(N)=O. The van der Waals surface area contributed by atoms with Crippen LogP contribution in [0.3, 0.4) is 0 Å². The van der Waals surface area contributed by atoms with Crippen molar-refractivity contribution in [3.8, 4) is 0 Å². The zero-order valence-corrected chi connectivity index (χ0v) is 12.9. The zero-order chi connectivity index (χ0) is 14.3. The van der Waals surface area contributed by atoms with Gasteiger partial charge in [-0.1, -0.05) is 22.0 Å². The molecule has 0 heterocycles. The first-order valence-corrected chi connectivity index (χ1v) is 6.81. The van der Waals surface area contributed by atoms with E-state index in [1.54, 1.807) is 7.11 Å². The minimum absolute atomic E-state index is 0.196. The fraction of sp³-hybridized carbons (Fsp3) is 0.462. The minimum atomic E-state index is -0.347. The quantitative estimate of drug-likeness (QED) is 0.701. The maximum atomic E-state index is 11.0. The van der Waals surface area contributed by atoms with Crippen molar-refractivity contribution in [1.29, 1.82) is 0 Å². The normalized spacial score (nSPS) is 10.5. The van der Waals surface area contributed by atoms with E-state index in [-0.39, 0.29) is 12.5 Å². The maximum Gasteiger partial charge on any atom is 0.236 e. The van der Waals surface area contributed by atoms with Gasteiger partial charge in [-0.2, -0.15) is 0 Å². The van der Waals surface area contributed by atoms with E-state index in [9.17, 15) is 4.79 Å². The summed E-state index contributed by atoms with van der Waals surface area (Å²) in [7, 11) is 3.53. The van der Waals surface area contributed by atoms with Gasteiger partial charge in [-0.3, -0.25) is 4.79 Å². The molecule has 3 N–H and O–H groups in total. The molecular weight excluding hydrogens is 310 g/mol. The lowest BCUT2D eigenvalue weighted by atomic mass is 10.1. The summed E-state index contributed by atoms with van der Waals surface area (Å²) in [6.07, 6.45) is 0. The molecule has 1 aromatic rings. The Morgan fingerprint density at radius 2 is 2.26 bits per heavy atom. The van der Waals surface area contributed by atoms with Crippen LogP contribution in [0.1, 0.15) is 5.56 Å². The number of primary amides is 1. The van der Waals surface area contributed by atoms with E-state index < -0.39 is 0 Å². The van der Waals surface area contributed by atoms with Crippen LogP contribution in [0.25, 0.3) is 0 Å². The van der Waals surface area contributed by atoms with Crippen molar-refractivity contribution in [3.63, 3.8) is 0 Å². The largest absolute Gasteiger partial charge is 0.383 e. The van der Waals surface area contributed by atoms with Crippen molar-refractivity contribution in [2.24, 2.45) is 5.73 Å². The summed E-state index contributed by atoms with van der Waals surface area (Å²) in [5.41, 5.74) is 7.33. The van der Waals surface area contributed by atoms with Crippen LogP contribution < -0.4 is 16.0 Å². The number of carbonyl (C=O) groups is 1. The summed E-state index contributed by atoms with van der Waals surface area (Å²) in [6.45, 7) is 2.37. The first kappa shape index (κ1) is 15.9. The molecule has 0 unspecified atom stereocenters. The lowest BCUT2D eigenvalue weighted by Gasteiger charge is -2.21. The van der Waals surface area contributed by atoms with E-state index in [4.69, 9.17) is 10.5 Å². The van der Waals surface area contributed by atoms with E-state index in [1.807, 2.05) is 30.1 Å². The molecular formula is C13H20BrN3O2. The van der Waals surface area contributed by atoms with E-state index in [2.05, 4.69) is 21.2 Å². The van der Waals surface area contributed by atoms with Gasteiger partial charge in [0, 0.05) is 37.4 Å². The molecule has 106 valence electrons. The van der Waals surface area contributed by atoms with Crippen molar-refractivity contribution in [2.75, 3.05) is 38.8 Å². The fourth-order valence-electron chi connectivity index (χ4n) is 1.76. The molecule has 0 saturated carbocycles. The number of nitrogens with one attached hydrogen (secondary N) is 1. The van der Waals surface area contributed by atoms with Gasteiger partial charge >= 0.3 is 0 Å². The highest BCUT2D eigenvalue weighted by Gasteiger charge is 2.10. The Morgan fingerprint density at radius 1 is 1.53 bits per heavy atom. The molecule has 0 bridgehead atoms. The van der Waals surface area contributed by atoms with Crippen molar-refractivity contribution in [1.82, 2.24) is 5.32 Å². The van der Waals surface area contributed by atoms with Crippen LogP contribution >= 0.6 is 15.9 Å². The molecule has 6 heteroatoms. The average molecular weight is 330 g/mol. The molecule has 19 heavy (non-hydrogen) atoms. The number of nitrogens with zero attached hydrogens (tertiary/aromatic N) is 1. The van der Waals surface area contributed by atoms with Gasteiger partial charge in [0.05, 0.1) is 13.2 Å². The number of nitrogens with two attached hydrogens (primary N) is 1. The third-order valence-corrected chi connectivity index (χ3v) is 3.14. The van der Waals surface area contributed by atoms with Crippen LogP contribution in [0.5, 0.6) is 0 Å². The van der Waals surface area contributed by atoms with Gasteiger partial charge < -0.3 is 20.7 Å². The second kappa shape index (κ2) is 8.14. The number of hydrogen-bond acceptors (Lipinski definition) is 4. The van der Waals surface area contributed by atoms with Crippen LogP contribution in [-0.2, 0) is 16.1 Å². The van der Waals surface area contributed by atoms with Gasteiger partial charge in [-0.15, -0.1) is 0 Å². The summed E-state index contributed by atoms with van der Waals surface area (Å²) in [6, 6.07) is 5.99. The molecule has 0 fully saturated rings. The number of benzene rings is 1. The standard InChI is InChI=1S/C13H20BrN3O2/c1-17(9-13(15)18)12-7-11(14)4-3-10(12)8-16-5-6-19-2/h3-4,7,16H,5-6,8-9H2,1-2H3,(H2,15,18). The van der Waals surface area contributed by atoms with Crippen LogP contribution in [-0.4, -0.2) is 39.8 Å². The average Bonchev–Trinajstić information content (AvgIpc) is 2.35. The van der Waals surface area contributed by atoms with Gasteiger partial charge in [-0.25, -0.2) is 0 Å². The van der Waals surface area contributed by atoms with Crippen molar-refractivity contribution in [3.05, 3.63) is 28.2 Å². The molecule has 5 nitrogen and oxygen atoms in total. The van der Waals surface area contributed by atoms with Crippen LogP contribution in [0.2, 0.25) is 0 Å². The number of rotatable bonds is 8. The summed E-state index contributed by atoms with van der Waals surface area (Å²) in [5.74, 6) is -0.347. The molecule has 0 aliphatic heterocycles. The van der Waals surface area contributed by atoms with Gasteiger partial charge in [0.15, 0.2) is 0 Å². The molecule has 0 aliphatic carbocycles. The lowest BCUT2D eigenvalue weighted by Crippen LogP contribution is -2.31. The molecule has 0 radical (unpaired) electrons. The fourth-order valence-corrected chi connectivity index (χ4v) is 2.11. The van der Waals surface area contributed by atoms with E-state index in [0.717, 1.165) is 28.8 Å². The number of ether oxygens (including phenoxy) is 1. The zero-order valence-electron chi connectivity index (χ0n) is 11.3. The predicted octanol–water partition coefficient (Wildman–Crippen LogP) is 1.11. The van der Waals surface area contributed by atoms with Crippen molar-refractivity contribution >= 4 is 27.5 Å². The number of amides is 1. The summed E-state index contributed by atoms with van der Waals surface area (Å²) in [5, 5.41) is 3.29. The van der Waals surface area contributed by atoms with Crippen LogP contribution in [0.15, 0.2) is 22.7 Å². The summed E-state index contributed by atoms with van der Waals surface area (Å²) >= 11 is 3.44. The number of carbonyl (C=O) groups excluding carboxylic acids is 1. The van der Waals surface area contributed by atoms with Crippen LogP contribution in [0, 0.1) is 0 Å². The highest BCUT2D eigenvalue weighted by molar-refractivity contribution is 9.10. The highest BCUT2D eigenvalue weighted by atomic mass is 79.9. The predicted molar refractivity (Wildman–Crippen MR) is 80.2 cm³/mol. The highest BCUT2D eigenvalue weighted by Crippen LogP contribution is 2.24. The molecule has 1 aromatic carbocycles. The third kappa shape index (κ3) is 5.59.